The molecule has 0 aromatic heterocycles. The second-order valence-electron chi connectivity index (χ2n) is 5.55. The highest BCUT2D eigenvalue weighted by molar-refractivity contribution is 9.10. The lowest BCUT2D eigenvalue weighted by Gasteiger charge is -2.17. The molecule has 3 N–H and O–H groups in total. The van der Waals surface area contributed by atoms with Crippen molar-refractivity contribution in [1.29, 1.82) is 0 Å². The number of halogens is 1. The first-order chi connectivity index (χ1) is 8.99. The van der Waals surface area contributed by atoms with E-state index in [1.54, 1.807) is 0 Å². The molecule has 0 heterocycles. The summed E-state index contributed by atoms with van der Waals surface area (Å²) in [6.45, 7) is 4.92. The average Bonchev–Trinajstić information content (AvgIpc) is 2.76. The fourth-order valence-electron chi connectivity index (χ4n) is 2.78. The number of nitrogens with two attached hydrogens (primary N) is 1. The van der Waals surface area contributed by atoms with Crippen molar-refractivity contribution in [2.24, 2.45) is 11.8 Å². The van der Waals surface area contributed by atoms with Gasteiger partial charge in [-0.15, -0.1) is 0 Å². The Balaban J connectivity index is 2.04. The molecule has 2 atom stereocenters. The highest BCUT2D eigenvalue weighted by atomic mass is 79.9. The molecule has 1 aromatic rings. The van der Waals surface area contributed by atoms with Crippen LogP contribution in [-0.2, 0) is 0 Å². The van der Waals surface area contributed by atoms with Gasteiger partial charge in [0.1, 0.15) is 0 Å². The maximum atomic E-state index is 12.2. The van der Waals surface area contributed by atoms with E-state index in [0.29, 0.717) is 23.1 Å². The lowest BCUT2D eigenvalue weighted by Crippen LogP contribution is -2.30. The monoisotopic (exact) mass is 324 g/mol. The highest BCUT2D eigenvalue weighted by Gasteiger charge is 2.24. The zero-order valence-corrected chi connectivity index (χ0v) is 13.1. The fraction of sp³-hybridized carbons (Fsp3) is 0.533. The van der Waals surface area contributed by atoms with E-state index >= 15 is 0 Å². The van der Waals surface area contributed by atoms with E-state index in [1.165, 1.54) is 19.3 Å². The molecule has 1 fully saturated rings. The molecule has 0 bridgehead atoms. The predicted octanol–water partition coefficient (Wildman–Crippen LogP) is 3.51. The maximum Gasteiger partial charge on any atom is 0.251 e. The Bertz CT molecular complexity index is 487. The molecule has 0 radical (unpaired) electrons. The van der Waals surface area contributed by atoms with Crippen LogP contribution in [0.2, 0.25) is 0 Å². The Morgan fingerprint density at radius 2 is 2.21 bits per heavy atom. The predicted molar refractivity (Wildman–Crippen MR) is 82.1 cm³/mol. The summed E-state index contributed by atoms with van der Waals surface area (Å²) >= 11 is 3.38. The van der Waals surface area contributed by atoms with Gasteiger partial charge in [0.2, 0.25) is 0 Å². The zero-order chi connectivity index (χ0) is 14.0. The first-order valence-electron chi connectivity index (χ1n) is 6.83. The number of hydrogen-bond donors (Lipinski definition) is 2. The van der Waals surface area contributed by atoms with Gasteiger partial charge in [0, 0.05) is 22.3 Å². The minimum absolute atomic E-state index is 0.0235. The molecular weight excluding hydrogens is 304 g/mol. The minimum Gasteiger partial charge on any atom is -0.398 e. The largest absolute Gasteiger partial charge is 0.398 e. The van der Waals surface area contributed by atoms with Gasteiger partial charge in [-0.1, -0.05) is 35.7 Å². The van der Waals surface area contributed by atoms with Crippen molar-refractivity contribution in [2.45, 2.75) is 33.1 Å². The topological polar surface area (TPSA) is 55.1 Å². The number of benzene rings is 1. The van der Waals surface area contributed by atoms with Crippen molar-refractivity contribution in [3.05, 3.63) is 27.7 Å². The molecule has 1 amide bonds. The second-order valence-corrected chi connectivity index (χ2v) is 6.46. The number of carbonyl (C=O) groups excluding carboxylic acids is 1. The number of amides is 1. The number of nitrogens with one attached hydrogen (secondary N) is 1. The van der Waals surface area contributed by atoms with Gasteiger partial charge in [-0.2, -0.15) is 0 Å². The van der Waals surface area contributed by atoms with E-state index in [2.05, 4.69) is 28.2 Å². The first-order valence-corrected chi connectivity index (χ1v) is 7.62. The Morgan fingerprint density at radius 3 is 2.84 bits per heavy atom. The van der Waals surface area contributed by atoms with E-state index in [9.17, 15) is 4.79 Å². The molecule has 19 heavy (non-hydrogen) atoms. The summed E-state index contributed by atoms with van der Waals surface area (Å²) in [5.41, 5.74) is 8.05. The molecule has 2 rings (SSSR count). The van der Waals surface area contributed by atoms with Crippen LogP contribution in [0.3, 0.4) is 0 Å². The van der Waals surface area contributed by atoms with Crippen LogP contribution in [0.4, 0.5) is 5.69 Å². The van der Waals surface area contributed by atoms with Crippen LogP contribution in [0.15, 0.2) is 16.6 Å². The molecule has 1 aromatic carbocycles. The van der Waals surface area contributed by atoms with Crippen LogP contribution in [0.25, 0.3) is 0 Å². The maximum absolute atomic E-state index is 12.2. The lowest BCUT2D eigenvalue weighted by molar-refractivity contribution is 0.0944. The summed E-state index contributed by atoms with van der Waals surface area (Å²) < 4.78 is 0.843. The van der Waals surface area contributed by atoms with Gasteiger partial charge in [-0.3, -0.25) is 4.79 Å². The SMILES string of the molecule is Cc1c(N)cc(Br)cc1C(=O)NCC1CCCC1C. The summed E-state index contributed by atoms with van der Waals surface area (Å²) in [5.74, 6) is 1.31. The van der Waals surface area contributed by atoms with Crippen LogP contribution >= 0.6 is 15.9 Å². The Labute approximate surface area is 123 Å². The summed E-state index contributed by atoms with van der Waals surface area (Å²) in [6, 6.07) is 3.66. The molecule has 4 heteroatoms. The third kappa shape index (κ3) is 3.30. The van der Waals surface area contributed by atoms with Crippen LogP contribution in [0, 0.1) is 18.8 Å². The van der Waals surface area contributed by atoms with Crippen molar-refractivity contribution in [2.75, 3.05) is 12.3 Å². The first kappa shape index (κ1) is 14.4. The summed E-state index contributed by atoms with van der Waals surface area (Å²) in [6.07, 6.45) is 3.79. The van der Waals surface area contributed by atoms with Gasteiger partial charge in [-0.05, 0) is 42.9 Å². The molecule has 0 aliphatic heterocycles. The van der Waals surface area contributed by atoms with Crippen molar-refractivity contribution in [1.82, 2.24) is 5.32 Å². The molecule has 2 unspecified atom stereocenters. The molecule has 1 aliphatic rings. The van der Waals surface area contributed by atoms with Crippen LogP contribution in [-0.4, -0.2) is 12.5 Å². The molecular formula is C15H21BrN2O. The zero-order valence-electron chi connectivity index (χ0n) is 11.5. The van der Waals surface area contributed by atoms with E-state index < -0.39 is 0 Å². The fourth-order valence-corrected chi connectivity index (χ4v) is 3.26. The molecule has 1 aliphatic carbocycles. The summed E-state index contributed by atoms with van der Waals surface area (Å²) in [7, 11) is 0. The standard InChI is InChI=1S/C15H21BrN2O/c1-9-4-3-5-11(9)8-18-15(19)13-6-12(16)7-14(17)10(13)2/h6-7,9,11H,3-5,8,17H2,1-2H3,(H,18,19). The Morgan fingerprint density at radius 1 is 1.47 bits per heavy atom. The van der Waals surface area contributed by atoms with E-state index in [4.69, 9.17) is 5.73 Å². The molecule has 0 spiro atoms. The number of anilines is 1. The molecule has 1 saturated carbocycles. The van der Waals surface area contributed by atoms with Gasteiger partial charge in [0.15, 0.2) is 0 Å². The molecule has 104 valence electrons. The van der Waals surface area contributed by atoms with Gasteiger partial charge < -0.3 is 11.1 Å². The van der Waals surface area contributed by atoms with Gasteiger partial charge >= 0.3 is 0 Å². The van der Waals surface area contributed by atoms with Crippen molar-refractivity contribution in [3.8, 4) is 0 Å². The van der Waals surface area contributed by atoms with Crippen molar-refractivity contribution < 1.29 is 4.79 Å². The number of rotatable bonds is 3. The van der Waals surface area contributed by atoms with Gasteiger partial charge in [0.25, 0.3) is 5.91 Å². The third-order valence-corrected chi connectivity index (χ3v) is 4.68. The molecule has 3 nitrogen and oxygen atoms in total. The number of nitrogen functional groups attached to an aromatic ring is 1. The van der Waals surface area contributed by atoms with Crippen LogP contribution in [0.5, 0.6) is 0 Å². The summed E-state index contributed by atoms with van der Waals surface area (Å²) in [4.78, 5) is 12.2. The smallest absolute Gasteiger partial charge is 0.251 e. The minimum atomic E-state index is -0.0235. The quantitative estimate of drug-likeness (QED) is 0.836. The summed E-state index contributed by atoms with van der Waals surface area (Å²) in [5, 5.41) is 3.05. The third-order valence-electron chi connectivity index (χ3n) is 4.22. The van der Waals surface area contributed by atoms with Gasteiger partial charge in [-0.25, -0.2) is 0 Å². The van der Waals surface area contributed by atoms with E-state index in [0.717, 1.165) is 16.6 Å². The van der Waals surface area contributed by atoms with Gasteiger partial charge in [0.05, 0.1) is 0 Å². The van der Waals surface area contributed by atoms with Crippen molar-refractivity contribution >= 4 is 27.5 Å². The average molecular weight is 325 g/mol. The van der Waals surface area contributed by atoms with E-state index in [1.807, 2.05) is 19.1 Å². The molecule has 0 saturated heterocycles. The lowest BCUT2D eigenvalue weighted by atomic mass is 9.98. The van der Waals surface area contributed by atoms with Crippen molar-refractivity contribution in [3.63, 3.8) is 0 Å². The second kappa shape index (κ2) is 5.95. The normalized spacial score (nSPS) is 22.5. The Kier molecular flexibility index (Phi) is 4.50. The highest BCUT2D eigenvalue weighted by Crippen LogP contribution is 2.30. The van der Waals surface area contributed by atoms with Crippen LogP contribution < -0.4 is 11.1 Å². The Hall–Kier alpha value is -1.03. The number of hydrogen-bond acceptors (Lipinski definition) is 2. The van der Waals surface area contributed by atoms with E-state index in [-0.39, 0.29) is 5.91 Å². The van der Waals surface area contributed by atoms with Crippen LogP contribution in [0.1, 0.15) is 42.1 Å². The number of carbonyl (C=O) groups is 1.